The van der Waals surface area contributed by atoms with E-state index in [0.717, 1.165) is 26.0 Å². The molecular weight excluding hydrogens is 266 g/mol. The summed E-state index contributed by atoms with van der Waals surface area (Å²) in [6.45, 7) is 13.0. The smallest absolute Gasteiger partial charge is 0.0776 e. The number of aryl methyl sites for hydroxylation is 1. The average Bonchev–Trinajstić information content (AvgIpc) is 2.89. The Labute approximate surface area is 128 Å². The van der Waals surface area contributed by atoms with Gasteiger partial charge in [0.25, 0.3) is 0 Å². The van der Waals surface area contributed by atoms with Crippen LogP contribution in [0, 0.1) is 5.41 Å². The maximum Gasteiger partial charge on any atom is 0.0776 e. The van der Waals surface area contributed by atoms with Crippen molar-refractivity contribution in [3.8, 4) is 0 Å². The monoisotopic (exact) mass is 297 g/mol. The lowest BCUT2D eigenvalue weighted by Crippen LogP contribution is -2.48. The molecule has 2 atom stereocenters. The second-order valence-electron chi connectivity index (χ2n) is 6.42. The third-order valence-corrected chi connectivity index (χ3v) is 4.44. The first kappa shape index (κ1) is 17.7. The molecule has 1 aromatic rings. The van der Waals surface area contributed by atoms with Gasteiger partial charge < -0.3 is 10.1 Å². The van der Waals surface area contributed by atoms with E-state index in [0.29, 0.717) is 6.04 Å². The highest BCUT2D eigenvalue weighted by atomic mass is 32.1. The van der Waals surface area contributed by atoms with Crippen molar-refractivity contribution in [2.45, 2.75) is 66.0 Å². The maximum absolute atomic E-state index is 6.08. The lowest BCUT2D eigenvalue weighted by molar-refractivity contribution is -0.0372. The molecule has 2 unspecified atom stereocenters. The molecule has 2 nitrogen and oxygen atoms in total. The van der Waals surface area contributed by atoms with Crippen LogP contribution in [-0.2, 0) is 11.2 Å². The number of thiophene rings is 1. The van der Waals surface area contributed by atoms with E-state index < -0.39 is 0 Å². The van der Waals surface area contributed by atoms with Crippen LogP contribution in [-0.4, -0.2) is 25.3 Å². The minimum absolute atomic E-state index is 0.164. The summed E-state index contributed by atoms with van der Waals surface area (Å²) in [6, 6.07) is 4.80. The Morgan fingerprint density at radius 2 is 2.05 bits per heavy atom. The van der Waals surface area contributed by atoms with Gasteiger partial charge in [0.2, 0.25) is 0 Å². The third kappa shape index (κ3) is 5.94. The van der Waals surface area contributed by atoms with Gasteiger partial charge in [0.05, 0.1) is 6.10 Å². The number of rotatable bonds is 9. The van der Waals surface area contributed by atoms with Crippen molar-refractivity contribution >= 4 is 11.3 Å². The van der Waals surface area contributed by atoms with Crippen LogP contribution in [0.1, 0.15) is 52.3 Å². The van der Waals surface area contributed by atoms with Crippen LogP contribution >= 0.6 is 11.3 Å². The van der Waals surface area contributed by atoms with Gasteiger partial charge in [-0.25, -0.2) is 0 Å². The molecule has 1 N–H and O–H groups in total. The van der Waals surface area contributed by atoms with Crippen LogP contribution in [0.15, 0.2) is 17.5 Å². The number of nitrogens with one attached hydrogen (secondary N) is 1. The molecule has 116 valence electrons. The minimum atomic E-state index is 0.164. The van der Waals surface area contributed by atoms with Gasteiger partial charge in [-0.15, -0.1) is 11.3 Å². The lowest BCUT2D eigenvalue weighted by atomic mass is 9.82. The Morgan fingerprint density at radius 3 is 2.55 bits per heavy atom. The van der Waals surface area contributed by atoms with E-state index in [9.17, 15) is 0 Å². The van der Waals surface area contributed by atoms with Gasteiger partial charge in [0.15, 0.2) is 0 Å². The van der Waals surface area contributed by atoms with Crippen LogP contribution in [0.25, 0.3) is 0 Å². The number of hydrogen-bond acceptors (Lipinski definition) is 3. The number of ether oxygens (including phenoxy) is 1. The molecule has 0 amide bonds. The van der Waals surface area contributed by atoms with Crippen LogP contribution in [0.3, 0.4) is 0 Å². The Kier molecular flexibility index (Phi) is 7.78. The Balaban J connectivity index is 2.68. The van der Waals surface area contributed by atoms with E-state index in [1.165, 1.54) is 11.3 Å². The zero-order valence-electron chi connectivity index (χ0n) is 13.7. The van der Waals surface area contributed by atoms with E-state index in [1.54, 1.807) is 0 Å². The van der Waals surface area contributed by atoms with Crippen molar-refractivity contribution in [2.75, 3.05) is 13.2 Å². The molecule has 0 aromatic carbocycles. The molecular formula is C17H31NOS. The van der Waals surface area contributed by atoms with Crippen molar-refractivity contribution < 1.29 is 4.74 Å². The first-order chi connectivity index (χ1) is 9.49. The fourth-order valence-electron chi connectivity index (χ4n) is 2.59. The maximum atomic E-state index is 6.08. The van der Waals surface area contributed by atoms with Crippen molar-refractivity contribution in [3.05, 3.63) is 22.4 Å². The average molecular weight is 298 g/mol. The van der Waals surface area contributed by atoms with Crippen LogP contribution in [0.5, 0.6) is 0 Å². The van der Waals surface area contributed by atoms with Gasteiger partial charge in [0.1, 0.15) is 0 Å². The molecule has 0 bridgehead atoms. The second kappa shape index (κ2) is 8.81. The fraction of sp³-hybridized carbons (Fsp3) is 0.765. The molecule has 0 aliphatic carbocycles. The highest BCUT2D eigenvalue weighted by molar-refractivity contribution is 7.09. The molecule has 0 radical (unpaired) electrons. The van der Waals surface area contributed by atoms with E-state index in [1.807, 2.05) is 11.3 Å². The first-order valence-corrected chi connectivity index (χ1v) is 8.74. The molecule has 1 heterocycles. The summed E-state index contributed by atoms with van der Waals surface area (Å²) in [4.78, 5) is 1.47. The van der Waals surface area contributed by atoms with E-state index in [2.05, 4.69) is 57.4 Å². The molecule has 0 spiro atoms. The van der Waals surface area contributed by atoms with Crippen LogP contribution in [0.2, 0.25) is 0 Å². The molecule has 0 saturated heterocycles. The van der Waals surface area contributed by atoms with Crippen LogP contribution in [0.4, 0.5) is 0 Å². The molecule has 1 aromatic heterocycles. The SMILES string of the molecule is CCCNC(CCc1cccs1)C(OCC)C(C)(C)C. The Bertz CT molecular complexity index is 342. The zero-order valence-corrected chi connectivity index (χ0v) is 14.6. The summed E-state index contributed by atoms with van der Waals surface area (Å²) in [5, 5.41) is 5.86. The molecule has 0 aliphatic heterocycles. The summed E-state index contributed by atoms with van der Waals surface area (Å²) in [5.41, 5.74) is 0.164. The summed E-state index contributed by atoms with van der Waals surface area (Å²) >= 11 is 1.85. The standard InChI is InChI=1S/C17H31NOS/c1-6-12-18-15(11-10-14-9-8-13-20-14)16(19-7-2)17(3,4)5/h8-9,13,15-16,18H,6-7,10-12H2,1-5H3. The van der Waals surface area contributed by atoms with Crippen molar-refractivity contribution in [2.24, 2.45) is 5.41 Å². The lowest BCUT2D eigenvalue weighted by Gasteiger charge is -2.37. The fourth-order valence-corrected chi connectivity index (χ4v) is 3.32. The normalized spacial score (nSPS) is 15.2. The molecule has 0 aliphatic rings. The van der Waals surface area contributed by atoms with E-state index in [-0.39, 0.29) is 11.5 Å². The predicted octanol–water partition coefficient (Wildman–Crippen LogP) is 4.50. The van der Waals surface area contributed by atoms with Gasteiger partial charge in [-0.2, -0.15) is 0 Å². The van der Waals surface area contributed by atoms with Crippen molar-refractivity contribution in [1.82, 2.24) is 5.32 Å². The largest absolute Gasteiger partial charge is 0.376 e. The van der Waals surface area contributed by atoms with Gasteiger partial charge in [-0.05, 0) is 49.6 Å². The molecule has 3 heteroatoms. The van der Waals surface area contributed by atoms with Crippen molar-refractivity contribution in [3.63, 3.8) is 0 Å². The van der Waals surface area contributed by atoms with Gasteiger partial charge in [0, 0.05) is 17.5 Å². The highest BCUT2D eigenvalue weighted by Crippen LogP contribution is 2.27. The van der Waals surface area contributed by atoms with E-state index >= 15 is 0 Å². The van der Waals surface area contributed by atoms with Gasteiger partial charge in [-0.1, -0.05) is 33.8 Å². The predicted molar refractivity (Wildman–Crippen MR) is 89.6 cm³/mol. The van der Waals surface area contributed by atoms with E-state index in [4.69, 9.17) is 4.74 Å². The first-order valence-electron chi connectivity index (χ1n) is 7.86. The van der Waals surface area contributed by atoms with Gasteiger partial charge >= 0.3 is 0 Å². The topological polar surface area (TPSA) is 21.3 Å². The number of hydrogen-bond donors (Lipinski definition) is 1. The molecule has 20 heavy (non-hydrogen) atoms. The minimum Gasteiger partial charge on any atom is -0.376 e. The molecule has 0 fully saturated rings. The van der Waals surface area contributed by atoms with Crippen LogP contribution < -0.4 is 5.32 Å². The summed E-state index contributed by atoms with van der Waals surface area (Å²) in [5.74, 6) is 0. The Hall–Kier alpha value is -0.380. The molecule has 1 rings (SSSR count). The molecule has 0 saturated carbocycles. The quantitative estimate of drug-likeness (QED) is 0.724. The second-order valence-corrected chi connectivity index (χ2v) is 7.45. The summed E-state index contributed by atoms with van der Waals surface area (Å²) in [7, 11) is 0. The van der Waals surface area contributed by atoms with Crippen molar-refractivity contribution in [1.29, 1.82) is 0 Å². The van der Waals surface area contributed by atoms with Gasteiger partial charge in [-0.3, -0.25) is 0 Å². The zero-order chi connectivity index (χ0) is 15.0. The summed E-state index contributed by atoms with van der Waals surface area (Å²) in [6.07, 6.45) is 3.71. The third-order valence-electron chi connectivity index (χ3n) is 3.50. The highest BCUT2D eigenvalue weighted by Gasteiger charge is 2.32. The summed E-state index contributed by atoms with van der Waals surface area (Å²) < 4.78 is 6.08. The Morgan fingerprint density at radius 1 is 1.30 bits per heavy atom.